The molecule has 2 heterocycles. The Bertz CT molecular complexity index is 4330. The van der Waals surface area contributed by atoms with E-state index in [-0.39, 0.29) is 26.8 Å². The number of phenolic OH excluding ortho intramolecular Hbond substituents is 1. The minimum Gasteiger partial charge on any atom is -0.507 e. The summed E-state index contributed by atoms with van der Waals surface area (Å²) in [5, 5.41) is 13.1. The number of aromatic hydroxyl groups is 1. The Morgan fingerprint density at radius 1 is 0.432 bits per heavy atom. The first-order chi connectivity index (χ1) is 39.7. The Morgan fingerprint density at radius 2 is 0.926 bits per heavy atom. The molecule has 0 unspecified atom stereocenters. The number of aromatic nitrogens is 3. The van der Waals surface area contributed by atoms with Gasteiger partial charge in [-0.3, -0.25) is 9.55 Å². The predicted molar refractivity (Wildman–Crippen MR) is 332 cm³/mol. The Morgan fingerprint density at radius 3 is 1.56 bits per heavy atom. The number of hydrogen-bond acceptors (Lipinski definition) is 3. The number of rotatable bonds is 13. The third-order valence-electron chi connectivity index (χ3n) is 15.2. The molecule has 0 radical (unpaired) electrons. The maximum absolute atomic E-state index is 13.1. The van der Waals surface area contributed by atoms with Crippen molar-refractivity contribution in [1.82, 2.24) is 14.5 Å². The van der Waals surface area contributed by atoms with Crippen LogP contribution in [0.5, 0.6) is 5.75 Å². The van der Waals surface area contributed by atoms with Crippen LogP contribution in [0.15, 0.2) is 279 Å². The van der Waals surface area contributed by atoms with Gasteiger partial charge in [0.1, 0.15) is 11.6 Å². The molecule has 0 aliphatic rings. The Kier molecular flexibility index (Phi) is 14.5. The maximum Gasteiger partial charge on any atom is 0.148 e. The van der Waals surface area contributed by atoms with Gasteiger partial charge in [-0.05, 0) is 104 Å². The topological polar surface area (TPSA) is 50.9 Å². The number of hydrogen-bond donors (Lipinski definition) is 1. The first kappa shape index (κ1) is 51.0. The predicted octanol–water partition coefficient (Wildman–Crippen LogP) is 19.6. The minimum atomic E-state index is -0.971. The van der Waals surface area contributed by atoms with E-state index in [1.54, 1.807) is 0 Å². The molecule has 0 aliphatic heterocycles. The number of phenols is 1. The standard InChI is InChI=1S/C76H56N3O.Pt/c1-51(2)60-45-62(47-63(46-60)71-50-59(42-43-77-71)55-40-38-53(39-41-55)44-52-22-8-3-9-23-52)65-34-21-37-72-73(65)78-76(68-36-20-35-67(75(68)80)66-33-19-18-32-64(66)56-26-12-5-13-27-56)79(72)74-69(57-28-14-6-15-29-57)48-61(54-24-10-4-11-25-54)49-70(74)58-30-16-7-17-31-58;/h3-43,45-46,48-51,80H,44H2,1-2H3;/q-1;/i51D;. The van der Waals surface area contributed by atoms with Gasteiger partial charge in [0.2, 0.25) is 0 Å². The first-order valence-electron chi connectivity index (χ1n) is 27.7. The third-order valence-corrected chi connectivity index (χ3v) is 15.2. The van der Waals surface area contributed by atoms with Gasteiger partial charge >= 0.3 is 0 Å². The molecule has 5 heteroatoms. The summed E-state index contributed by atoms with van der Waals surface area (Å²) in [4.78, 5) is 10.7. The SMILES string of the molecule is [2H]C(C)(C)c1cc(-c2cc(-c3ccc(Cc4ccccc4)cc3)ccn2)[c-]c(-c2cccc3c2nc(-c2cccc(-c4ccccc4-c4ccccc4)c2O)n3-c2c(-c3ccccc3)cc(-c3ccccc3)cc2-c2ccccc2)c1.[Pt]. The van der Waals surface area contributed by atoms with E-state index in [4.69, 9.17) is 9.97 Å². The average molecular weight is 1220 g/mol. The normalized spacial score (nSPS) is 11.5. The van der Waals surface area contributed by atoms with Crippen molar-refractivity contribution < 1.29 is 27.5 Å². The monoisotopic (exact) mass is 1220 g/mol. The molecule has 0 amide bonds. The van der Waals surface area contributed by atoms with Crippen molar-refractivity contribution in [2.45, 2.75) is 26.2 Å². The van der Waals surface area contributed by atoms with Crippen molar-refractivity contribution in [2.75, 3.05) is 0 Å². The molecule has 0 fully saturated rings. The van der Waals surface area contributed by atoms with Crippen LogP contribution in [-0.2, 0) is 27.5 Å². The van der Waals surface area contributed by atoms with Crippen LogP contribution in [0.3, 0.4) is 0 Å². The molecule has 4 nitrogen and oxygen atoms in total. The Balaban J connectivity index is 0.00000665. The zero-order valence-corrected chi connectivity index (χ0v) is 47.1. The fourth-order valence-electron chi connectivity index (χ4n) is 11.1. The number of nitrogens with zero attached hydrogens (tertiary/aromatic N) is 3. The van der Waals surface area contributed by atoms with Gasteiger partial charge in [-0.1, -0.05) is 255 Å². The molecule has 1 N–H and O–H groups in total. The van der Waals surface area contributed by atoms with Crippen LogP contribution in [-0.4, -0.2) is 19.6 Å². The van der Waals surface area contributed by atoms with Gasteiger partial charge in [0.05, 0.1) is 22.3 Å². The van der Waals surface area contributed by atoms with E-state index in [9.17, 15) is 6.48 Å². The third kappa shape index (κ3) is 10.5. The molecule has 0 aliphatic carbocycles. The number of para-hydroxylation sites is 2. The molecule has 11 aromatic carbocycles. The minimum absolute atomic E-state index is 0. The van der Waals surface area contributed by atoms with Gasteiger partial charge in [0.15, 0.2) is 0 Å². The molecule has 2 aromatic heterocycles. The summed E-state index contributed by atoms with van der Waals surface area (Å²) in [6.07, 6.45) is 2.72. The zero-order valence-electron chi connectivity index (χ0n) is 45.9. The molecular weight excluding hydrogens is 1170 g/mol. The average Bonchev–Trinajstić information content (AvgIpc) is 3.75. The molecule has 13 rings (SSSR count). The summed E-state index contributed by atoms with van der Waals surface area (Å²) >= 11 is 0. The second-order valence-electron chi connectivity index (χ2n) is 20.6. The Labute approximate surface area is 490 Å². The van der Waals surface area contributed by atoms with Gasteiger partial charge in [-0.2, -0.15) is 0 Å². The summed E-state index contributed by atoms with van der Waals surface area (Å²) in [6.45, 7) is 3.84. The van der Waals surface area contributed by atoms with E-state index >= 15 is 0 Å². The van der Waals surface area contributed by atoms with Gasteiger partial charge in [0, 0.05) is 51.0 Å². The van der Waals surface area contributed by atoms with Gasteiger partial charge in [-0.15, -0.1) is 29.3 Å². The van der Waals surface area contributed by atoms with Gasteiger partial charge in [0.25, 0.3) is 0 Å². The maximum atomic E-state index is 13.1. The summed E-state index contributed by atoms with van der Waals surface area (Å²) in [7, 11) is 0. The van der Waals surface area contributed by atoms with Crippen LogP contribution in [0.2, 0.25) is 0 Å². The van der Waals surface area contributed by atoms with Crippen molar-refractivity contribution in [2.24, 2.45) is 0 Å². The molecule has 0 spiro atoms. The van der Waals surface area contributed by atoms with Crippen molar-refractivity contribution >= 4 is 11.0 Å². The number of fused-ring (bicyclic) bond motifs is 1. The molecular formula is C76H56N3OPt-. The van der Waals surface area contributed by atoms with E-state index in [0.29, 0.717) is 22.5 Å². The largest absolute Gasteiger partial charge is 0.507 e. The Hall–Kier alpha value is -9.47. The van der Waals surface area contributed by atoms with E-state index in [2.05, 4.69) is 229 Å². The molecule has 0 atom stereocenters. The fraction of sp³-hybridized carbons (Fsp3) is 0.0526. The van der Waals surface area contributed by atoms with Crippen LogP contribution in [0.25, 0.3) is 117 Å². The molecule has 0 bridgehead atoms. The number of imidazole rings is 1. The summed E-state index contributed by atoms with van der Waals surface area (Å²) in [5.74, 6) is -0.288. The molecule has 0 saturated carbocycles. The van der Waals surface area contributed by atoms with Crippen LogP contribution in [0.1, 0.15) is 37.8 Å². The van der Waals surface area contributed by atoms with E-state index in [1.165, 1.54) is 11.1 Å². The van der Waals surface area contributed by atoms with Crippen LogP contribution in [0.4, 0.5) is 0 Å². The van der Waals surface area contributed by atoms with Crippen LogP contribution in [0, 0.1) is 6.07 Å². The van der Waals surface area contributed by atoms with E-state index in [0.717, 1.165) is 107 Å². The molecule has 81 heavy (non-hydrogen) atoms. The van der Waals surface area contributed by atoms with Gasteiger partial charge in [-0.25, -0.2) is 4.98 Å². The van der Waals surface area contributed by atoms with Crippen molar-refractivity contribution in [3.8, 4) is 112 Å². The smallest absolute Gasteiger partial charge is 0.148 e. The number of pyridine rings is 1. The first-order valence-corrected chi connectivity index (χ1v) is 27.2. The molecule has 0 saturated heterocycles. The fourth-order valence-corrected chi connectivity index (χ4v) is 11.1. The van der Waals surface area contributed by atoms with Crippen molar-refractivity contribution in [3.63, 3.8) is 0 Å². The van der Waals surface area contributed by atoms with Crippen LogP contribution < -0.4 is 0 Å². The van der Waals surface area contributed by atoms with Crippen LogP contribution >= 0.6 is 0 Å². The molecule has 392 valence electrons. The van der Waals surface area contributed by atoms with E-state index in [1.807, 2.05) is 74.6 Å². The quantitative estimate of drug-likeness (QED) is 0.117. The molecule has 13 aromatic rings. The summed E-state index contributed by atoms with van der Waals surface area (Å²) in [5.41, 5.74) is 21.5. The van der Waals surface area contributed by atoms with E-state index < -0.39 is 5.89 Å². The second kappa shape index (κ2) is 23.1. The summed E-state index contributed by atoms with van der Waals surface area (Å²) in [6, 6.07) is 98.5. The van der Waals surface area contributed by atoms with Crippen molar-refractivity contribution in [3.05, 3.63) is 302 Å². The zero-order chi connectivity index (χ0) is 54.9. The second-order valence-corrected chi connectivity index (χ2v) is 20.6. The van der Waals surface area contributed by atoms with Gasteiger partial charge < -0.3 is 5.11 Å². The number of benzene rings is 11. The van der Waals surface area contributed by atoms with Crippen molar-refractivity contribution in [1.29, 1.82) is 0 Å². The summed E-state index contributed by atoms with van der Waals surface area (Å²) < 4.78 is 11.7.